The number of hydrogen-bond acceptors (Lipinski definition) is 2. The zero-order chi connectivity index (χ0) is 16.9. The van der Waals surface area contributed by atoms with Gasteiger partial charge in [0.2, 0.25) is 0 Å². The highest BCUT2D eigenvalue weighted by Crippen LogP contribution is 2.39. The Morgan fingerprint density at radius 2 is 1.33 bits per heavy atom. The van der Waals surface area contributed by atoms with Crippen LogP contribution in [0, 0.1) is 0 Å². The molecular weight excluding hydrogens is 312 g/mol. The monoisotopic (exact) mass is 334 g/mol. The Labute approximate surface area is 148 Å². The minimum Gasteiger partial charge on any atom is -0.508 e. The first-order valence-electron chi connectivity index (χ1n) is 8.24. The molecule has 0 saturated heterocycles. The number of benzene rings is 3. The van der Waals surface area contributed by atoms with Crippen LogP contribution in [0.3, 0.4) is 0 Å². The Bertz CT molecular complexity index is 784. The molecule has 0 radical (unpaired) electrons. The third-order valence-corrected chi connectivity index (χ3v) is 5.50. The van der Waals surface area contributed by atoms with Crippen LogP contribution >= 0.6 is 11.8 Å². The molecule has 0 bridgehead atoms. The normalized spacial score (nSPS) is 13.4. The van der Waals surface area contributed by atoms with E-state index in [4.69, 9.17) is 0 Å². The molecule has 0 aliphatic heterocycles. The van der Waals surface area contributed by atoms with Gasteiger partial charge in [-0.3, -0.25) is 0 Å². The predicted molar refractivity (Wildman–Crippen MR) is 103 cm³/mol. The van der Waals surface area contributed by atoms with Gasteiger partial charge in [0.25, 0.3) is 0 Å². The minimum absolute atomic E-state index is 0.166. The van der Waals surface area contributed by atoms with E-state index in [2.05, 4.69) is 56.3 Å². The van der Waals surface area contributed by atoms with E-state index in [9.17, 15) is 5.11 Å². The summed E-state index contributed by atoms with van der Waals surface area (Å²) in [6, 6.07) is 26.8. The standard InChI is InChI=1S/C22H22OS/c1-16(18-9-5-3-6-10-18)21-15-20(13-14-22(21)23)24-17(2)19-11-7-4-8-12-19/h3-17,23H,1-2H3. The zero-order valence-electron chi connectivity index (χ0n) is 14.0. The van der Waals surface area contributed by atoms with E-state index < -0.39 is 0 Å². The molecule has 3 aromatic rings. The van der Waals surface area contributed by atoms with Gasteiger partial charge in [-0.05, 0) is 36.2 Å². The van der Waals surface area contributed by atoms with Gasteiger partial charge < -0.3 is 5.11 Å². The molecule has 3 rings (SSSR count). The summed E-state index contributed by atoms with van der Waals surface area (Å²) >= 11 is 1.82. The van der Waals surface area contributed by atoms with E-state index in [-0.39, 0.29) is 5.92 Å². The second kappa shape index (κ2) is 7.59. The summed E-state index contributed by atoms with van der Waals surface area (Å²) in [6.07, 6.45) is 0. The highest BCUT2D eigenvalue weighted by atomic mass is 32.2. The molecule has 2 heteroatoms. The molecule has 2 unspecified atom stereocenters. The van der Waals surface area contributed by atoms with Gasteiger partial charge in [-0.1, -0.05) is 67.6 Å². The molecule has 0 spiro atoms. The van der Waals surface area contributed by atoms with Crippen LogP contribution in [0.2, 0.25) is 0 Å². The Morgan fingerprint density at radius 1 is 0.750 bits per heavy atom. The Hall–Kier alpha value is -2.19. The summed E-state index contributed by atoms with van der Waals surface area (Å²) in [7, 11) is 0. The number of aromatic hydroxyl groups is 1. The lowest BCUT2D eigenvalue weighted by atomic mass is 9.92. The smallest absolute Gasteiger partial charge is 0.119 e. The van der Waals surface area contributed by atoms with Crippen LogP contribution < -0.4 is 0 Å². The van der Waals surface area contributed by atoms with E-state index in [1.807, 2.05) is 48.2 Å². The topological polar surface area (TPSA) is 20.2 Å². The third kappa shape index (κ3) is 3.82. The van der Waals surface area contributed by atoms with Gasteiger partial charge in [-0.25, -0.2) is 0 Å². The molecule has 0 aliphatic carbocycles. The maximum absolute atomic E-state index is 10.3. The molecule has 2 atom stereocenters. The summed E-state index contributed by atoms with van der Waals surface area (Å²) in [5.41, 5.74) is 3.51. The summed E-state index contributed by atoms with van der Waals surface area (Å²) in [6.45, 7) is 4.35. The first-order chi connectivity index (χ1) is 11.6. The van der Waals surface area contributed by atoms with Gasteiger partial charge in [0.15, 0.2) is 0 Å². The van der Waals surface area contributed by atoms with Gasteiger partial charge >= 0.3 is 0 Å². The van der Waals surface area contributed by atoms with Crippen molar-refractivity contribution < 1.29 is 5.11 Å². The van der Waals surface area contributed by atoms with E-state index in [1.54, 1.807) is 0 Å². The fourth-order valence-corrected chi connectivity index (χ4v) is 3.91. The van der Waals surface area contributed by atoms with Crippen LogP contribution in [0.1, 0.15) is 41.7 Å². The lowest BCUT2D eigenvalue weighted by molar-refractivity contribution is 0.465. The molecule has 0 heterocycles. The van der Waals surface area contributed by atoms with E-state index in [0.29, 0.717) is 11.0 Å². The molecule has 0 saturated carbocycles. The summed E-state index contributed by atoms with van der Waals surface area (Å²) in [5.74, 6) is 0.529. The lowest BCUT2D eigenvalue weighted by Gasteiger charge is -2.17. The fraction of sp³-hybridized carbons (Fsp3) is 0.182. The molecule has 0 amide bonds. The third-order valence-electron chi connectivity index (χ3n) is 4.35. The van der Waals surface area contributed by atoms with E-state index >= 15 is 0 Å². The van der Waals surface area contributed by atoms with Crippen molar-refractivity contribution in [3.05, 3.63) is 95.6 Å². The van der Waals surface area contributed by atoms with Crippen molar-refractivity contribution in [1.29, 1.82) is 0 Å². The molecular formula is C22H22OS. The molecule has 24 heavy (non-hydrogen) atoms. The number of phenols is 1. The molecule has 1 N–H and O–H groups in total. The molecule has 0 fully saturated rings. The number of phenolic OH excluding ortho intramolecular Hbond substituents is 1. The van der Waals surface area contributed by atoms with Gasteiger partial charge in [0, 0.05) is 21.6 Å². The number of rotatable bonds is 5. The summed E-state index contributed by atoms with van der Waals surface area (Å²) < 4.78 is 0. The number of hydrogen-bond donors (Lipinski definition) is 1. The molecule has 0 aromatic heterocycles. The van der Waals surface area contributed by atoms with Crippen molar-refractivity contribution in [3.63, 3.8) is 0 Å². The fourth-order valence-electron chi connectivity index (χ4n) is 2.87. The average molecular weight is 334 g/mol. The Kier molecular flexibility index (Phi) is 5.27. The zero-order valence-corrected chi connectivity index (χ0v) is 14.8. The first-order valence-corrected chi connectivity index (χ1v) is 9.12. The van der Waals surface area contributed by atoms with Crippen LogP contribution in [0.15, 0.2) is 83.8 Å². The van der Waals surface area contributed by atoms with E-state index in [0.717, 1.165) is 5.56 Å². The Morgan fingerprint density at radius 3 is 1.96 bits per heavy atom. The average Bonchev–Trinajstić information content (AvgIpc) is 2.64. The summed E-state index contributed by atoms with van der Waals surface area (Å²) in [4.78, 5) is 1.18. The van der Waals surface area contributed by atoms with Crippen molar-refractivity contribution in [2.45, 2.75) is 29.9 Å². The SMILES string of the molecule is CC(Sc1ccc(O)c(C(C)c2ccccc2)c1)c1ccccc1. The van der Waals surface area contributed by atoms with Crippen LogP contribution in [0.5, 0.6) is 5.75 Å². The van der Waals surface area contributed by atoms with Crippen LogP contribution in [0.4, 0.5) is 0 Å². The minimum atomic E-state index is 0.166. The Balaban J connectivity index is 1.84. The van der Waals surface area contributed by atoms with Crippen LogP contribution in [-0.4, -0.2) is 5.11 Å². The van der Waals surface area contributed by atoms with E-state index in [1.165, 1.54) is 16.0 Å². The quantitative estimate of drug-likeness (QED) is 0.545. The predicted octanol–water partition coefficient (Wildman–Crippen LogP) is 6.40. The van der Waals surface area contributed by atoms with Gasteiger partial charge in [0.05, 0.1) is 0 Å². The second-order valence-corrected chi connectivity index (χ2v) is 7.44. The highest BCUT2D eigenvalue weighted by Gasteiger charge is 2.15. The highest BCUT2D eigenvalue weighted by molar-refractivity contribution is 7.99. The van der Waals surface area contributed by atoms with Crippen molar-refractivity contribution in [3.8, 4) is 5.75 Å². The van der Waals surface area contributed by atoms with Crippen LogP contribution in [-0.2, 0) is 0 Å². The maximum atomic E-state index is 10.3. The van der Waals surface area contributed by atoms with Gasteiger partial charge in [0.1, 0.15) is 5.75 Å². The number of thioether (sulfide) groups is 1. The molecule has 0 aliphatic rings. The molecule has 122 valence electrons. The maximum Gasteiger partial charge on any atom is 0.119 e. The largest absolute Gasteiger partial charge is 0.508 e. The van der Waals surface area contributed by atoms with Crippen LogP contribution in [0.25, 0.3) is 0 Å². The first kappa shape index (κ1) is 16.7. The second-order valence-electron chi connectivity index (χ2n) is 6.02. The molecule has 1 nitrogen and oxygen atoms in total. The van der Waals surface area contributed by atoms with Crippen molar-refractivity contribution in [2.24, 2.45) is 0 Å². The van der Waals surface area contributed by atoms with Gasteiger partial charge in [-0.15, -0.1) is 11.8 Å². The lowest BCUT2D eigenvalue weighted by Crippen LogP contribution is -1.97. The van der Waals surface area contributed by atoms with Crippen molar-refractivity contribution in [1.82, 2.24) is 0 Å². The van der Waals surface area contributed by atoms with Gasteiger partial charge in [-0.2, -0.15) is 0 Å². The molecule has 3 aromatic carbocycles. The van der Waals surface area contributed by atoms with Crippen molar-refractivity contribution in [2.75, 3.05) is 0 Å². The summed E-state index contributed by atoms with van der Waals surface area (Å²) in [5, 5.41) is 10.7. The van der Waals surface area contributed by atoms with Crippen molar-refractivity contribution >= 4 is 11.8 Å².